The van der Waals surface area contributed by atoms with Crippen LogP contribution in [-0.4, -0.2) is 36.4 Å². The van der Waals surface area contributed by atoms with Crippen molar-refractivity contribution < 1.29 is 9.02 Å². The second-order valence-corrected chi connectivity index (χ2v) is 5.55. The van der Waals surface area contributed by atoms with Crippen molar-refractivity contribution in [2.75, 3.05) is 11.1 Å². The van der Waals surface area contributed by atoms with E-state index >= 15 is 0 Å². The standard InChI is InChI=1S/C12H11BrFN9O/c13-7-5-6(1-2-8(7)14)17-11(15)10-9(19-24-20-10)3-4-23-12(16)18-21-22-23/h1-2,5H,3-4H2,(H2,15,17)(H2,16,18,22). The highest BCUT2D eigenvalue weighted by molar-refractivity contribution is 9.10. The molecule has 0 saturated heterocycles. The van der Waals surface area contributed by atoms with Crippen LogP contribution >= 0.6 is 15.9 Å². The second-order valence-electron chi connectivity index (χ2n) is 4.70. The summed E-state index contributed by atoms with van der Waals surface area (Å²) in [5.41, 5.74) is 6.79. The van der Waals surface area contributed by atoms with Crippen LogP contribution in [0.25, 0.3) is 0 Å². The first-order valence-electron chi connectivity index (χ1n) is 6.68. The Morgan fingerprint density at radius 1 is 1.42 bits per heavy atom. The predicted molar refractivity (Wildman–Crippen MR) is 84.8 cm³/mol. The quantitative estimate of drug-likeness (QED) is 0.431. The summed E-state index contributed by atoms with van der Waals surface area (Å²) in [7, 11) is 0. The molecule has 24 heavy (non-hydrogen) atoms. The SMILES string of the molecule is N=C(Nc1ccc(F)c(Br)c1)c1nonc1CCn1nnnc1N. The van der Waals surface area contributed by atoms with Gasteiger partial charge in [-0.15, -0.1) is 0 Å². The van der Waals surface area contributed by atoms with Crippen LogP contribution in [0.3, 0.4) is 0 Å². The fraction of sp³-hybridized carbons (Fsp3) is 0.167. The van der Waals surface area contributed by atoms with Gasteiger partial charge in [0.25, 0.3) is 0 Å². The highest BCUT2D eigenvalue weighted by Crippen LogP contribution is 2.20. The number of tetrazole rings is 1. The Morgan fingerprint density at radius 3 is 2.96 bits per heavy atom. The van der Waals surface area contributed by atoms with E-state index in [4.69, 9.17) is 15.8 Å². The Bertz CT molecular complexity index is 877. The van der Waals surface area contributed by atoms with E-state index in [0.717, 1.165) is 0 Å². The first kappa shape index (κ1) is 16.0. The Hall–Kier alpha value is -2.89. The number of hydrogen-bond acceptors (Lipinski definition) is 8. The molecule has 0 unspecified atom stereocenters. The van der Waals surface area contributed by atoms with Crippen molar-refractivity contribution in [2.45, 2.75) is 13.0 Å². The van der Waals surface area contributed by atoms with Gasteiger partial charge < -0.3 is 11.1 Å². The molecule has 0 spiro atoms. The lowest BCUT2D eigenvalue weighted by Gasteiger charge is -2.07. The zero-order chi connectivity index (χ0) is 17.1. The van der Waals surface area contributed by atoms with Crippen LogP contribution < -0.4 is 11.1 Å². The minimum atomic E-state index is -0.394. The summed E-state index contributed by atoms with van der Waals surface area (Å²) in [5.74, 6) is -0.248. The first-order valence-corrected chi connectivity index (χ1v) is 7.48. The van der Waals surface area contributed by atoms with Gasteiger partial charge >= 0.3 is 0 Å². The number of nitrogens with one attached hydrogen (secondary N) is 2. The molecule has 0 bridgehead atoms. The molecule has 0 aliphatic heterocycles. The third-order valence-electron chi connectivity index (χ3n) is 3.10. The molecule has 124 valence electrons. The molecule has 12 heteroatoms. The predicted octanol–water partition coefficient (Wildman–Crippen LogP) is 1.22. The van der Waals surface area contributed by atoms with Gasteiger partial charge in [-0.1, -0.05) is 10.3 Å². The fourth-order valence-electron chi connectivity index (χ4n) is 1.92. The van der Waals surface area contributed by atoms with E-state index in [9.17, 15) is 4.39 Å². The minimum Gasteiger partial charge on any atom is -0.367 e. The highest BCUT2D eigenvalue weighted by atomic mass is 79.9. The van der Waals surface area contributed by atoms with Crippen molar-refractivity contribution in [3.8, 4) is 0 Å². The van der Waals surface area contributed by atoms with Crippen molar-refractivity contribution in [1.82, 2.24) is 30.5 Å². The van der Waals surface area contributed by atoms with Gasteiger partial charge in [-0.25, -0.2) is 13.7 Å². The third kappa shape index (κ3) is 3.37. The minimum absolute atomic E-state index is 0.0329. The molecule has 0 atom stereocenters. The van der Waals surface area contributed by atoms with Gasteiger partial charge in [-0.2, -0.15) is 0 Å². The average molecular weight is 396 g/mol. The van der Waals surface area contributed by atoms with Gasteiger partial charge in [0.15, 0.2) is 11.5 Å². The van der Waals surface area contributed by atoms with E-state index in [2.05, 4.69) is 47.1 Å². The first-order chi connectivity index (χ1) is 11.5. The number of rotatable bonds is 5. The van der Waals surface area contributed by atoms with Crippen molar-refractivity contribution in [3.05, 3.63) is 39.9 Å². The normalized spacial score (nSPS) is 10.8. The summed E-state index contributed by atoms with van der Waals surface area (Å²) < 4.78 is 19.6. The Kier molecular flexibility index (Phi) is 4.46. The molecule has 3 rings (SSSR count). The Labute approximate surface area is 142 Å². The molecule has 1 aromatic carbocycles. The number of halogens is 2. The van der Waals surface area contributed by atoms with Crippen LogP contribution in [0, 0.1) is 11.2 Å². The smallest absolute Gasteiger partial charge is 0.240 e. The topological polar surface area (TPSA) is 144 Å². The van der Waals surface area contributed by atoms with E-state index < -0.39 is 5.82 Å². The number of nitrogens with zero attached hydrogens (tertiary/aromatic N) is 6. The molecule has 0 radical (unpaired) electrons. The van der Waals surface area contributed by atoms with Gasteiger partial charge in [0, 0.05) is 12.1 Å². The molecule has 2 aromatic heterocycles. The zero-order valence-electron chi connectivity index (χ0n) is 12.1. The molecule has 0 fully saturated rings. The Balaban J connectivity index is 1.70. The van der Waals surface area contributed by atoms with E-state index in [1.165, 1.54) is 22.9 Å². The van der Waals surface area contributed by atoms with E-state index in [1.54, 1.807) is 0 Å². The number of aryl methyl sites for hydroxylation is 2. The number of amidine groups is 1. The van der Waals surface area contributed by atoms with Gasteiger partial charge in [-0.05, 0) is 49.7 Å². The number of anilines is 2. The summed E-state index contributed by atoms with van der Waals surface area (Å²) in [4.78, 5) is 0. The maximum Gasteiger partial charge on any atom is 0.240 e. The number of nitrogens with two attached hydrogens (primary N) is 1. The molecule has 2 heterocycles. The van der Waals surface area contributed by atoms with Crippen LogP contribution in [0.4, 0.5) is 16.0 Å². The maximum absolute atomic E-state index is 13.2. The van der Waals surface area contributed by atoms with Gasteiger partial charge in [0.1, 0.15) is 11.5 Å². The lowest BCUT2D eigenvalue weighted by molar-refractivity contribution is 0.302. The molecule has 0 amide bonds. The van der Waals surface area contributed by atoms with Crippen LogP contribution in [0.15, 0.2) is 27.3 Å². The summed E-state index contributed by atoms with van der Waals surface area (Å²) >= 11 is 3.09. The van der Waals surface area contributed by atoms with Crippen molar-refractivity contribution in [3.63, 3.8) is 0 Å². The lowest BCUT2D eigenvalue weighted by Crippen LogP contribution is -2.16. The van der Waals surface area contributed by atoms with Crippen LogP contribution in [0.5, 0.6) is 0 Å². The largest absolute Gasteiger partial charge is 0.367 e. The zero-order valence-corrected chi connectivity index (χ0v) is 13.7. The summed E-state index contributed by atoms with van der Waals surface area (Å²) in [6.07, 6.45) is 0.366. The monoisotopic (exact) mass is 395 g/mol. The van der Waals surface area contributed by atoms with Gasteiger partial charge in [0.2, 0.25) is 5.95 Å². The van der Waals surface area contributed by atoms with Crippen molar-refractivity contribution in [2.24, 2.45) is 0 Å². The van der Waals surface area contributed by atoms with Gasteiger partial charge in [0.05, 0.1) is 11.0 Å². The average Bonchev–Trinajstić information content (AvgIpc) is 3.17. The van der Waals surface area contributed by atoms with Crippen molar-refractivity contribution in [1.29, 1.82) is 5.41 Å². The fourth-order valence-corrected chi connectivity index (χ4v) is 2.30. The number of nitrogen functional groups attached to an aromatic ring is 1. The Morgan fingerprint density at radius 2 is 2.25 bits per heavy atom. The molecule has 4 N–H and O–H groups in total. The van der Waals surface area contributed by atoms with Crippen LogP contribution in [0.1, 0.15) is 11.4 Å². The molecule has 0 aliphatic carbocycles. The molecule has 0 aliphatic rings. The number of hydrogen-bond donors (Lipinski definition) is 3. The lowest BCUT2D eigenvalue weighted by atomic mass is 10.2. The van der Waals surface area contributed by atoms with Crippen LogP contribution in [-0.2, 0) is 13.0 Å². The molecule has 3 aromatic rings. The second kappa shape index (κ2) is 6.70. The molecular formula is C12H11BrFN9O. The number of benzene rings is 1. The maximum atomic E-state index is 13.2. The van der Waals surface area contributed by atoms with E-state index in [0.29, 0.717) is 24.3 Å². The van der Waals surface area contributed by atoms with Crippen molar-refractivity contribution >= 4 is 33.4 Å². The van der Waals surface area contributed by atoms with E-state index in [-0.39, 0.29) is 22.0 Å². The highest BCUT2D eigenvalue weighted by Gasteiger charge is 2.16. The summed E-state index contributed by atoms with van der Waals surface area (Å²) in [6.45, 7) is 0.357. The number of aromatic nitrogens is 6. The summed E-state index contributed by atoms with van der Waals surface area (Å²) in [6, 6.07) is 4.30. The summed E-state index contributed by atoms with van der Waals surface area (Å²) in [5, 5.41) is 29.1. The third-order valence-corrected chi connectivity index (χ3v) is 3.71. The molecule has 0 saturated carbocycles. The van der Waals surface area contributed by atoms with Crippen LogP contribution in [0.2, 0.25) is 0 Å². The molecule has 10 nitrogen and oxygen atoms in total. The molecular weight excluding hydrogens is 385 g/mol. The van der Waals surface area contributed by atoms with E-state index in [1.807, 2.05) is 0 Å². The van der Waals surface area contributed by atoms with Gasteiger partial charge in [-0.3, -0.25) is 5.41 Å².